The van der Waals surface area contributed by atoms with Gasteiger partial charge in [-0.2, -0.15) is 13.2 Å². The molecule has 0 radical (unpaired) electrons. The first kappa shape index (κ1) is 22.1. The number of aromatic amines is 1. The normalized spacial score (nSPS) is 16.8. The number of amides is 1. The zero-order valence-corrected chi connectivity index (χ0v) is 17.8. The van der Waals surface area contributed by atoms with Gasteiger partial charge in [0, 0.05) is 24.7 Å². The fourth-order valence-electron chi connectivity index (χ4n) is 3.83. The molecule has 34 heavy (non-hydrogen) atoms. The van der Waals surface area contributed by atoms with Crippen LogP contribution in [-0.4, -0.2) is 42.4 Å². The summed E-state index contributed by atoms with van der Waals surface area (Å²) in [5.74, 6) is -3.49. The van der Waals surface area contributed by atoms with Gasteiger partial charge in [-0.15, -0.1) is 0 Å². The number of H-pyrrole nitrogens is 1. The van der Waals surface area contributed by atoms with E-state index < -0.39 is 46.9 Å². The van der Waals surface area contributed by atoms with E-state index in [-0.39, 0.29) is 24.4 Å². The summed E-state index contributed by atoms with van der Waals surface area (Å²) < 4.78 is 65.6. The summed E-state index contributed by atoms with van der Waals surface area (Å²) in [5, 5.41) is 10.1. The number of carbonyl (C=O) groups excluding carboxylic acids is 1. The van der Waals surface area contributed by atoms with E-state index in [1.54, 1.807) is 0 Å². The minimum atomic E-state index is -5.02. The van der Waals surface area contributed by atoms with Gasteiger partial charge in [0.05, 0.1) is 12.0 Å². The number of nitrogens with one attached hydrogen (secondary N) is 1. The maximum atomic E-state index is 13.7. The van der Waals surface area contributed by atoms with Gasteiger partial charge < -0.3 is 23.8 Å². The molecule has 5 rings (SSSR count). The van der Waals surface area contributed by atoms with E-state index in [9.17, 15) is 27.5 Å². The van der Waals surface area contributed by atoms with E-state index in [0.29, 0.717) is 16.9 Å². The van der Waals surface area contributed by atoms with Crippen LogP contribution in [0, 0.1) is 5.82 Å². The van der Waals surface area contributed by atoms with Gasteiger partial charge in [-0.05, 0) is 26.0 Å². The van der Waals surface area contributed by atoms with Gasteiger partial charge in [0.15, 0.2) is 17.3 Å². The minimum absolute atomic E-state index is 0.0262. The summed E-state index contributed by atoms with van der Waals surface area (Å²) in [7, 11) is 0. The Morgan fingerprint density at radius 3 is 2.71 bits per heavy atom. The smallest absolute Gasteiger partial charge is 0.437 e. The van der Waals surface area contributed by atoms with E-state index in [2.05, 4.69) is 19.9 Å². The molecule has 178 valence electrons. The molecule has 1 aliphatic heterocycles. The minimum Gasteiger partial charge on any atom is -0.438 e. The Bertz CT molecular complexity index is 1400. The maximum Gasteiger partial charge on any atom is 0.437 e. The highest BCUT2D eigenvalue weighted by Crippen LogP contribution is 2.39. The van der Waals surface area contributed by atoms with Crippen molar-refractivity contribution in [3.05, 3.63) is 65.0 Å². The number of oxazole rings is 2. The van der Waals surface area contributed by atoms with Gasteiger partial charge in [0.25, 0.3) is 5.91 Å². The molecule has 1 atom stereocenters. The van der Waals surface area contributed by atoms with E-state index >= 15 is 0 Å². The van der Waals surface area contributed by atoms with Crippen molar-refractivity contribution in [3.63, 3.8) is 0 Å². The zero-order chi connectivity index (χ0) is 24.4. The van der Waals surface area contributed by atoms with Crippen LogP contribution >= 0.6 is 0 Å². The molecule has 3 aromatic heterocycles. The molecule has 0 fully saturated rings. The van der Waals surface area contributed by atoms with Crippen LogP contribution < -0.4 is 0 Å². The van der Waals surface area contributed by atoms with Gasteiger partial charge in [0.2, 0.25) is 17.5 Å². The monoisotopic (exact) mass is 479 g/mol. The molecule has 0 aliphatic carbocycles. The molecule has 0 spiro atoms. The number of fused-ring (bicyclic) bond motifs is 2. The molecule has 1 aliphatic rings. The predicted octanol–water partition coefficient (Wildman–Crippen LogP) is 3.71. The van der Waals surface area contributed by atoms with Gasteiger partial charge in [-0.3, -0.25) is 4.79 Å². The fourth-order valence-corrected chi connectivity index (χ4v) is 3.83. The first-order valence-corrected chi connectivity index (χ1v) is 10.1. The van der Waals surface area contributed by atoms with Gasteiger partial charge >= 0.3 is 6.18 Å². The molecule has 0 saturated carbocycles. The van der Waals surface area contributed by atoms with Crippen LogP contribution in [0.2, 0.25) is 0 Å². The standard InChI is InChI=1S/C21H17F4N5O4/c1-20(2,32)19-29-16(21(23,24)25)15(34-19)18(31)30-6-5-11-13(27-8-26-11)14(30)17-28-10-4-3-9(22)7-12(10)33-17/h3-4,7-8,14,32H,5-6H2,1-2H3,(H,26,27)/t14-/m0/s1. The highest BCUT2D eigenvalue weighted by atomic mass is 19.4. The number of hydrogen-bond donors (Lipinski definition) is 2. The maximum absolute atomic E-state index is 13.7. The number of hydrogen-bond acceptors (Lipinski definition) is 7. The lowest BCUT2D eigenvalue weighted by atomic mass is 10.0. The Morgan fingerprint density at radius 2 is 2.00 bits per heavy atom. The summed E-state index contributed by atoms with van der Waals surface area (Å²) in [4.78, 5) is 29.3. The molecule has 2 N–H and O–H groups in total. The molecule has 9 nitrogen and oxygen atoms in total. The molecule has 13 heteroatoms. The summed E-state index contributed by atoms with van der Waals surface area (Å²) in [6, 6.07) is 2.56. The molecule has 0 bridgehead atoms. The number of nitrogens with zero attached hydrogens (tertiary/aromatic N) is 4. The molecule has 0 saturated heterocycles. The number of benzene rings is 1. The van der Waals surface area contributed by atoms with Crippen LogP contribution in [0.15, 0.2) is 33.4 Å². The summed E-state index contributed by atoms with van der Waals surface area (Å²) >= 11 is 0. The fraction of sp³-hybridized carbons (Fsp3) is 0.333. The second kappa shape index (κ2) is 7.38. The Morgan fingerprint density at radius 1 is 1.24 bits per heavy atom. The van der Waals surface area contributed by atoms with Crippen molar-refractivity contribution in [3.8, 4) is 0 Å². The van der Waals surface area contributed by atoms with E-state index in [1.165, 1.54) is 32.3 Å². The first-order chi connectivity index (χ1) is 15.9. The van der Waals surface area contributed by atoms with Crippen molar-refractivity contribution >= 4 is 17.0 Å². The van der Waals surface area contributed by atoms with Crippen LogP contribution in [0.4, 0.5) is 17.6 Å². The number of carbonyl (C=O) groups is 1. The van der Waals surface area contributed by atoms with Crippen molar-refractivity contribution in [2.24, 2.45) is 0 Å². The van der Waals surface area contributed by atoms with Gasteiger partial charge in [-0.25, -0.2) is 19.3 Å². The summed E-state index contributed by atoms with van der Waals surface area (Å²) in [6.45, 7) is 2.34. The lowest BCUT2D eigenvalue weighted by Gasteiger charge is -2.32. The number of halogens is 4. The van der Waals surface area contributed by atoms with Crippen LogP contribution in [0.3, 0.4) is 0 Å². The summed E-state index contributed by atoms with van der Waals surface area (Å²) in [6.07, 6.45) is -3.37. The lowest BCUT2D eigenvalue weighted by Crippen LogP contribution is -2.41. The van der Waals surface area contributed by atoms with Gasteiger partial charge in [0.1, 0.15) is 16.9 Å². The van der Waals surface area contributed by atoms with Crippen molar-refractivity contribution in [1.29, 1.82) is 0 Å². The van der Waals surface area contributed by atoms with Crippen molar-refractivity contribution in [1.82, 2.24) is 24.8 Å². The van der Waals surface area contributed by atoms with E-state index in [4.69, 9.17) is 8.83 Å². The average Bonchev–Trinajstić information content (AvgIpc) is 3.48. The number of aliphatic hydroxyl groups is 1. The Hall–Kier alpha value is -3.74. The molecule has 4 heterocycles. The topological polar surface area (TPSA) is 121 Å². The molecule has 0 unspecified atom stereocenters. The van der Waals surface area contributed by atoms with Crippen LogP contribution in [0.25, 0.3) is 11.1 Å². The molecule has 1 aromatic carbocycles. The van der Waals surface area contributed by atoms with Crippen LogP contribution in [-0.2, 0) is 18.2 Å². The van der Waals surface area contributed by atoms with Crippen LogP contribution in [0.1, 0.15) is 59.3 Å². The average molecular weight is 479 g/mol. The SMILES string of the molecule is CC(C)(O)c1nc(C(F)(F)F)c(C(=O)N2CCc3[nH]cnc3[C@H]2c2nc3ccc(F)cc3o2)o1. The Kier molecular flexibility index (Phi) is 4.79. The molecule has 1 amide bonds. The lowest BCUT2D eigenvalue weighted by molar-refractivity contribution is -0.141. The van der Waals surface area contributed by atoms with E-state index in [1.807, 2.05) is 0 Å². The third kappa shape index (κ3) is 3.61. The first-order valence-electron chi connectivity index (χ1n) is 10.1. The highest BCUT2D eigenvalue weighted by Gasteiger charge is 2.46. The number of imidazole rings is 1. The predicted molar refractivity (Wildman–Crippen MR) is 106 cm³/mol. The number of aromatic nitrogens is 4. The second-order valence-electron chi connectivity index (χ2n) is 8.34. The quantitative estimate of drug-likeness (QED) is 0.430. The van der Waals surface area contributed by atoms with E-state index in [0.717, 1.165) is 11.0 Å². The molecular formula is C21H17F4N5O4. The third-order valence-corrected chi connectivity index (χ3v) is 5.40. The van der Waals surface area contributed by atoms with Crippen molar-refractivity contribution < 1.29 is 36.3 Å². The Balaban J connectivity index is 1.64. The number of rotatable bonds is 3. The molecule has 4 aromatic rings. The molecular weight excluding hydrogens is 462 g/mol. The van der Waals surface area contributed by atoms with Crippen molar-refractivity contribution in [2.45, 2.75) is 38.1 Å². The van der Waals surface area contributed by atoms with Crippen molar-refractivity contribution in [2.75, 3.05) is 6.54 Å². The summed E-state index contributed by atoms with van der Waals surface area (Å²) in [5.41, 5.74) is -2.05. The number of alkyl halides is 3. The van der Waals surface area contributed by atoms with Crippen LogP contribution in [0.5, 0.6) is 0 Å². The largest absolute Gasteiger partial charge is 0.438 e. The van der Waals surface area contributed by atoms with Gasteiger partial charge in [-0.1, -0.05) is 0 Å². The highest BCUT2D eigenvalue weighted by molar-refractivity contribution is 5.93. The second-order valence-corrected chi connectivity index (χ2v) is 8.34. The Labute approximate surface area is 188 Å². The zero-order valence-electron chi connectivity index (χ0n) is 17.8. The third-order valence-electron chi connectivity index (χ3n) is 5.40.